The molecular weight excluding hydrogens is 222 g/mol. The summed E-state index contributed by atoms with van der Waals surface area (Å²) in [4.78, 5) is 8.43. The number of hydrogen-bond donors (Lipinski definition) is 1. The standard InChI is InChI=1S/C11H13N3OS/c1-8-7-16-11(14-8)6-13-9-5-12-4-3-10(9)15-2/h3-5,7,13H,6H2,1-2H3. The van der Waals surface area contributed by atoms with Crippen LogP contribution in [-0.2, 0) is 6.54 Å². The highest BCUT2D eigenvalue weighted by Crippen LogP contribution is 2.22. The molecule has 0 radical (unpaired) electrons. The molecule has 0 unspecified atom stereocenters. The molecule has 2 rings (SSSR count). The maximum absolute atomic E-state index is 5.22. The quantitative estimate of drug-likeness (QED) is 0.884. The van der Waals surface area contributed by atoms with Crippen LogP contribution in [0, 0.1) is 6.92 Å². The predicted molar refractivity (Wildman–Crippen MR) is 65.0 cm³/mol. The van der Waals surface area contributed by atoms with E-state index in [4.69, 9.17) is 4.74 Å². The number of anilines is 1. The third-order valence-corrected chi connectivity index (χ3v) is 3.06. The fraction of sp³-hybridized carbons (Fsp3) is 0.273. The molecule has 0 amide bonds. The first-order chi connectivity index (χ1) is 7.79. The Balaban J connectivity index is 2.04. The van der Waals surface area contributed by atoms with Crippen molar-refractivity contribution >= 4 is 17.0 Å². The van der Waals surface area contributed by atoms with Gasteiger partial charge in [-0.25, -0.2) is 4.98 Å². The maximum Gasteiger partial charge on any atom is 0.145 e. The zero-order valence-corrected chi connectivity index (χ0v) is 10.0. The molecule has 0 fully saturated rings. The van der Waals surface area contributed by atoms with Crippen LogP contribution >= 0.6 is 11.3 Å². The summed E-state index contributed by atoms with van der Waals surface area (Å²) in [7, 11) is 1.65. The number of ether oxygens (including phenoxy) is 1. The van der Waals surface area contributed by atoms with Gasteiger partial charge in [-0.1, -0.05) is 0 Å². The van der Waals surface area contributed by atoms with Crippen LogP contribution in [0.3, 0.4) is 0 Å². The van der Waals surface area contributed by atoms with E-state index in [0.717, 1.165) is 22.1 Å². The Kier molecular flexibility index (Phi) is 3.36. The Labute approximate surface area is 98.3 Å². The van der Waals surface area contributed by atoms with Crippen LogP contribution in [0.4, 0.5) is 5.69 Å². The predicted octanol–water partition coefficient (Wildman–Crippen LogP) is 2.47. The van der Waals surface area contributed by atoms with Crippen LogP contribution in [0.25, 0.3) is 0 Å². The van der Waals surface area contributed by atoms with Gasteiger partial charge in [-0.15, -0.1) is 11.3 Å². The van der Waals surface area contributed by atoms with Crippen LogP contribution in [0.1, 0.15) is 10.7 Å². The minimum atomic E-state index is 0.695. The first-order valence-corrected chi connectivity index (χ1v) is 5.80. The molecule has 2 aromatic rings. The zero-order chi connectivity index (χ0) is 11.4. The molecule has 0 spiro atoms. The molecule has 0 saturated carbocycles. The number of aryl methyl sites for hydroxylation is 1. The third-order valence-electron chi connectivity index (χ3n) is 2.10. The van der Waals surface area contributed by atoms with Crippen molar-refractivity contribution in [2.75, 3.05) is 12.4 Å². The van der Waals surface area contributed by atoms with E-state index in [2.05, 4.69) is 15.3 Å². The molecule has 0 atom stereocenters. The van der Waals surface area contributed by atoms with Crippen molar-refractivity contribution in [3.05, 3.63) is 34.5 Å². The topological polar surface area (TPSA) is 47.0 Å². The summed E-state index contributed by atoms with van der Waals surface area (Å²) in [5.74, 6) is 0.795. The SMILES string of the molecule is COc1ccncc1NCc1nc(C)cs1. The van der Waals surface area contributed by atoms with Crippen LogP contribution in [0.5, 0.6) is 5.75 Å². The highest BCUT2D eigenvalue weighted by atomic mass is 32.1. The Hall–Kier alpha value is -1.62. The van der Waals surface area contributed by atoms with Gasteiger partial charge >= 0.3 is 0 Å². The van der Waals surface area contributed by atoms with Gasteiger partial charge in [0, 0.05) is 23.3 Å². The van der Waals surface area contributed by atoms with E-state index in [1.807, 2.05) is 18.4 Å². The average Bonchev–Trinajstić information content (AvgIpc) is 2.73. The second kappa shape index (κ2) is 4.94. The highest BCUT2D eigenvalue weighted by molar-refractivity contribution is 7.09. The van der Waals surface area contributed by atoms with Crippen LogP contribution < -0.4 is 10.1 Å². The Morgan fingerprint density at radius 1 is 1.50 bits per heavy atom. The zero-order valence-electron chi connectivity index (χ0n) is 9.23. The van der Waals surface area contributed by atoms with Crippen molar-refractivity contribution in [3.8, 4) is 5.75 Å². The number of aromatic nitrogens is 2. The molecular formula is C11H13N3OS. The summed E-state index contributed by atoms with van der Waals surface area (Å²) in [6, 6.07) is 1.83. The van der Waals surface area contributed by atoms with Gasteiger partial charge in [-0.05, 0) is 6.92 Å². The third kappa shape index (κ3) is 2.49. The summed E-state index contributed by atoms with van der Waals surface area (Å²) >= 11 is 1.65. The number of nitrogens with zero attached hydrogens (tertiary/aromatic N) is 2. The highest BCUT2D eigenvalue weighted by Gasteiger charge is 2.03. The lowest BCUT2D eigenvalue weighted by molar-refractivity contribution is 0.416. The molecule has 84 valence electrons. The van der Waals surface area contributed by atoms with Gasteiger partial charge in [0.1, 0.15) is 10.8 Å². The van der Waals surface area contributed by atoms with E-state index in [1.165, 1.54) is 0 Å². The fourth-order valence-electron chi connectivity index (χ4n) is 1.35. The molecule has 0 aliphatic heterocycles. The molecule has 0 saturated heterocycles. The van der Waals surface area contributed by atoms with Gasteiger partial charge < -0.3 is 10.1 Å². The van der Waals surface area contributed by atoms with Crippen molar-refractivity contribution in [3.63, 3.8) is 0 Å². The summed E-state index contributed by atoms with van der Waals surface area (Å²) in [6.07, 6.45) is 3.46. The Morgan fingerprint density at radius 2 is 2.38 bits per heavy atom. The Bertz CT molecular complexity index is 470. The van der Waals surface area contributed by atoms with E-state index in [0.29, 0.717) is 6.54 Å². The second-order valence-electron chi connectivity index (χ2n) is 3.31. The molecule has 2 heterocycles. The number of hydrogen-bond acceptors (Lipinski definition) is 5. The average molecular weight is 235 g/mol. The summed E-state index contributed by atoms with van der Waals surface area (Å²) in [6.45, 7) is 2.69. The van der Waals surface area contributed by atoms with Gasteiger partial charge in [0.25, 0.3) is 0 Å². The van der Waals surface area contributed by atoms with Crippen LogP contribution in [0.2, 0.25) is 0 Å². The number of thiazole rings is 1. The van der Waals surface area contributed by atoms with E-state index < -0.39 is 0 Å². The number of methoxy groups -OCH3 is 1. The second-order valence-corrected chi connectivity index (χ2v) is 4.25. The van der Waals surface area contributed by atoms with Crippen LogP contribution in [0.15, 0.2) is 23.8 Å². The summed E-state index contributed by atoms with van der Waals surface area (Å²) in [5.41, 5.74) is 1.94. The molecule has 0 bridgehead atoms. The van der Waals surface area contributed by atoms with Crippen molar-refractivity contribution in [2.45, 2.75) is 13.5 Å². The molecule has 5 heteroatoms. The molecule has 0 aliphatic carbocycles. The van der Waals surface area contributed by atoms with E-state index in [1.54, 1.807) is 30.8 Å². The normalized spacial score (nSPS) is 10.1. The smallest absolute Gasteiger partial charge is 0.145 e. The minimum absolute atomic E-state index is 0.695. The molecule has 1 N–H and O–H groups in total. The van der Waals surface area contributed by atoms with Gasteiger partial charge in [0.15, 0.2) is 0 Å². The van der Waals surface area contributed by atoms with E-state index in [9.17, 15) is 0 Å². The molecule has 16 heavy (non-hydrogen) atoms. The number of rotatable bonds is 4. The van der Waals surface area contributed by atoms with Crippen molar-refractivity contribution in [1.29, 1.82) is 0 Å². The number of pyridine rings is 1. The first-order valence-electron chi connectivity index (χ1n) is 4.92. The van der Waals surface area contributed by atoms with Crippen LogP contribution in [-0.4, -0.2) is 17.1 Å². The fourth-order valence-corrected chi connectivity index (χ4v) is 2.06. The largest absolute Gasteiger partial charge is 0.494 e. The molecule has 0 aliphatic rings. The van der Waals surface area contributed by atoms with Gasteiger partial charge in [-0.2, -0.15) is 0 Å². The van der Waals surface area contributed by atoms with Crippen molar-refractivity contribution < 1.29 is 4.74 Å². The van der Waals surface area contributed by atoms with Crippen molar-refractivity contribution in [1.82, 2.24) is 9.97 Å². The lowest BCUT2D eigenvalue weighted by atomic mass is 10.4. The maximum atomic E-state index is 5.22. The Morgan fingerprint density at radius 3 is 3.06 bits per heavy atom. The summed E-state index contributed by atoms with van der Waals surface area (Å²) in [5, 5.41) is 6.35. The van der Waals surface area contributed by atoms with Gasteiger partial charge in [-0.3, -0.25) is 4.98 Å². The summed E-state index contributed by atoms with van der Waals surface area (Å²) < 4.78 is 5.22. The number of nitrogens with one attached hydrogen (secondary N) is 1. The van der Waals surface area contributed by atoms with E-state index >= 15 is 0 Å². The molecule has 0 aromatic carbocycles. The lowest BCUT2D eigenvalue weighted by Gasteiger charge is -2.08. The minimum Gasteiger partial charge on any atom is -0.494 e. The monoisotopic (exact) mass is 235 g/mol. The lowest BCUT2D eigenvalue weighted by Crippen LogP contribution is -2.01. The van der Waals surface area contributed by atoms with Gasteiger partial charge in [0.2, 0.25) is 0 Å². The van der Waals surface area contributed by atoms with Gasteiger partial charge in [0.05, 0.1) is 25.5 Å². The van der Waals surface area contributed by atoms with Crippen molar-refractivity contribution in [2.24, 2.45) is 0 Å². The molecule has 2 aromatic heterocycles. The molecule has 4 nitrogen and oxygen atoms in total. The first kappa shape index (κ1) is 10.9. The van der Waals surface area contributed by atoms with E-state index in [-0.39, 0.29) is 0 Å².